The van der Waals surface area contributed by atoms with Crippen molar-refractivity contribution < 1.29 is 9.59 Å². The minimum absolute atomic E-state index is 0.0991. The summed E-state index contributed by atoms with van der Waals surface area (Å²) in [4.78, 5) is 31.1. The van der Waals surface area contributed by atoms with E-state index in [0.717, 1.165) is 16.9 Å². The number of Topliss-reactive ketones (excluding diaryl/α,β-unsaturated/α-hetero) is 1. The normalized spacial score (nSPS) is 18.5. The Morgan fingerprint density at radius 3 is 2.62 bits per heavy atom. The number of nitrogens with zero attached hydrogens (tertiary/aromatic N) is 3. The van der Waals surface area contributed by atoms with E-state index >= 15 is 0 Å². The van der Waals surface area contributed by atoms with Crippen molar-refractivity contribution in [2.45, 2.75) is 12.6 Å². The van der Waals surface area contributed by atoms with Crippen LogP contribution in [0, 0.1) is 0 Å². The van der Waals surface area contributed by atoms with E-state index in [0.29, 0.717) is 24.1 Å². The summed E-state index contributed by atoms with van der Waals surface area (Å²) in [6.45, 7) is 0.594. The molecule has 1 aromatic heterocycles. The lowest BCUT2D eigenvalue weighted by atomic mass is 9.92. The quantitative estimate of drug-likeness (QED) is 0.776. The molecule has 0 saturated heterocycles. The fourth-order valence-corrected chi connectivity index (χ4v) is 3.77. The molecule has 3 aromatic rings. The van der Waals surface area contributed by atoms with Crippen molar-refractivity contribution in [1.29, 1.82) is 0 Å². The number of aromatic nitrogens is 2. The minimum atomic E-state index is -0.277. The zero-order valence-electron chi connectivity index (χ0n) is 13.9. The van der Waals surface area contributed by atoms with Gasteiger partial charge in [0.15, 0.2) is 5.78 Å². The number of hydrogen-bond donors (Lipinski definition) is 1. The van der Waals surface area contributed by atoms with Crippen LogP contribution in [0.25, 0.3) is 5.69 Å². The maximum absolute atomic E-state index is 12.6. The van der Waals surface area contributed by atoms with Crippen molar-refractivity contribution >= 4 is 17.4 Å². The Balaban J connectivity index is 1.56. The fourth-order valence-electron chi connectivity index (χ4n) is 3.77. The van der Waals surface area contributed by atoms with Gasteiger partial charge in [0.25, 0.3) is 5.91 Å². The van der Waals surface area contributed by atoms with Crippen molar-refractivity contribution in [3.63, 3.8) is 0 Å². The first-order valence-electron chi connectivity index (χ1n) is 8.54. The van der Waals surface area contributed by atoms with Crippen LogP contribution in [0.4, 0.5) is 5.69 Å². The molecule has 0 bridgehead atoms. The SMILES string of the molecule is O=C1CCN2c3c1cccc3C(=O)NC2c1ccc(-n2ccnc2)cc1. The Labute approximate surface area is 150 Å². The van der Waals surface area contributed by atoms with Crippen LogP contribution in [0.1, 0.15) is 38.9 Å². The van der Waals surface area contributed by atoms with E-state index in [1.807, 2.05) is 41.1 Å². The first kappa shape index (κ1) is 14.9. The number of carbonyl (C=O) groups is 2. The van der Waals surface area contributed by atoms with Crippen LogP contribution in [-0.2, 0) is 0 Å². The van der Waals surface area contributed by atoms with Gasteiger partial charge in [-0.05, 0) is 29.8 Å². The number of benzene rings is 2. The summed E-state index contributed by atoms with van der Waals surface area (Å²) in [5.41, 5.74) is 3.96. The summed E-state index contributed by atoms with van der Waals surface area (Å²) in [5, 5.41) is 3.08. The molecule has 2 aliphatic rings. The van der Waals surface area contributed by atoms with Gasteiger partial charge in [0.05, 0.1) is 17.6 Å². The third kappa shape index (κ3) is 2.15. The minimum Gasteiger partial charge on any atom is -0.346 e. The van der Waals surface area contributed by atoms with E-state index in [9.17, 15) is 9.59 Å². The summed E-state index contributed by atoms with van der Waals surface area (Å²) in [6, 6.07) is 13.4. The van der Waals surface area contributed by atoms with E-state index in [4.69, 9.17) is 0 Å². The number of amides is 1. The molecule has 0 radical (unpaired) electrons. The van der Waals surface area contributed by atoms with Gasteiger partial charge < -0.3 is 14.8 Å². The van der Waals surface area contributed by atoms with Gasteiger partial charge in [-0.1, -0.05) is 18.2 Å². The number of imidazole rings is 1. The molecule has 6 nitrogen and oxygen atoms in total. The maximum atomic E-state index is 12.6. The molecular formula is C20H16N4O2. The van der Waals surface area contributed by atoms with Crippen molar-refractivity contribution in [2.75, 3.05) is 11.4 Å². The molecule has 6 heteroatoms. The number of carbonyl (C=O) groups excluding carboxylic acids is 2. The van der Waals surface area contributed by atoms with Crippen LogP contribution >= 0.6 is 0 Å². The second kappa shape index (κ2) is 5.56. The molecule has 0 aliphatic carbocycles. The standard InChI is InChI=1S/C20H16N4O2/c25-17-8-10-24-18-15(17)2-1-3-16(18)20(26)22-19(24)13-4-6-14(7-5-13)23-11-9-21-12-23/h1-7,9,11-12,19H,8,10H2,(H,22,26). The molecular weight excluding hydrogens is 328 g/mol. The molecule has 2 aliphatic heterocycles. The molecule has 1 atom stereocenters. The van der Waals surface area contributed by atoms with Gasteiger partial charge in [0.2, 0.25) is 0 Å². The molecule has 3 heterocycles. The van der Waals surface area contributed by atoms with Gasteiger partial charge in [0, 0.05) is 36.6 Å². The van der Waals surface area contributed by atoms with Crippen molar-refractivity contribution in [3.8, 4) is 5.69 Å². The lowest BCUT2D eigenvalue weighted by molar-refractivity contribution is 0.0921. The molecule has 1 unspecified atom stereocenters. The lowest BCUT2D eigenvalue weighted by Crippen LogP contribution is -2.49. The fraction of sp³-hybridized carbons (Fsp3) is 0.150. The van der Waals surface area contributed by atoms with Crippen LogP contribution in [0.5, 0.6) is 0 Å². The Kier molecular flexibility index (Phi) is 3.18. The largest absolute Gasteiger partial charge is 0.346 e. The third-order valence-electron chi connectivity index (χ3n) is 5.04. The second-order valence-corrected chi connectivity index (χ2v) is 6.51. The van der Waals surface area contributed by atoms with E-state index in [-0.39, 0.29) is 17.9 Å². The Morgan fingerprint density at radius 1 is 1.04 bits per heavy atom. The van der Waals surface area contributed by atoms with Gasteiger partial charge in [-0.2, -0.15) is 0 Å². The summed E-state index contributed by atoms with van der Waals surface area (Å²) in [6.07, 6.45) is 5.54. The van der Waals surface area contributed by atoms with Crippen LogP contribution in [0.2, 0.25) is 0 Å². The first-order valence-corrected chi connectivity index (χ1v) is 8.54. The van der Waals surface area contributed by atoms with Crippen LogP contribution < -0.4 is 10.2 Å². The number of anilines is 1. The maximum Gasteiger partial charge on any atom is 0.255 e. The average molecular weight is 344 g/mol. The number of para-hydroxylation sites is 1. The zero-order chi connectivity index (χ0) is 17.7. The molecule has 2 aromatic carbocycles. The molecule has 128 valence electrons. The van der Waals surface area contributed by atoms with Gasteiger partial charge in [-0.25, -0.2) is 4.98 Å². The van der Waals surface area contributed by atoms with Crippen LogP contribution in [0.3, 0.4) is 0 Å². The number of hydrogen-bond acceptors (Lipinski definition) is 4. The topological polar surface area (TPSA) is 67.2 Å². The van der Waals surface area contributed by atoms with Crippen LogP contribution in [-0.4, -0.2) is 27.8 Å². The molecule has 0 saturated carbocycles. The first-order chi connectivity index (χ1) is 12.7. The highest BCUT2D eigenvalue weighted by Gasteiger charge is 2.37. The third-order valence-corrected chi connectivity index (χ3v) is 5.04. The summed E-state index contributed by atoms with van der Waals surface area (Å²) >= 11 is 0. The molecule has 1 amide bonds. The Morgan fingerprint density at radius 2 is 1.85 bits per heavy atom. The number of ketones is 1. The van der Waals surface area contributed by atoms with E-state index in [1.165, 1.54) is 0 Å². The van der Waals surface area contributed by atoms with Crippen molar-refractivity contribution in [3.05, 3.63) is 77.9 Å². The zero-order valence-corrected chi connectivity index (χ0v) is 13.9. The predicted molar refractivity (Wildman–Crippen MR) is 96.5 cm³/mol. The van der Waals surface area contributed by atoms with Crippen molar-refractivity contribution in [1.82, 2.24) is 14.9 Å². The summed E-state index contributed by atoms with van der Waals surface area (Å²) in [5.74, 6) is -0.0431. The second-order valence-electron chi connectivity index (χ2n) is 6.51. The summed E-state index contributed by atoms with van der Waals surface area (Å²) < 4.78 is 1.93. The van der Waals surface area contributed by atoms with Gasteiger partial charge in [-0.15, -0.1) is 0 Å². The monoisotopic (exact) mass is 344 g/mol. The predicted octanol–water partition coefficient (Wildman–Crippen LogP) is 2.71. The van der Waals surface area contributed by atoms with Gasteiger partial charge in [0.1, 0.15) is 6.17 Å². The smallest absolute Gasteiger partial charge is 0.255 e. The van der Waals surface area contributed by atoms with Crippen molar-refractivity contribution in [2.24, 2.45) is 0 Å². The van der Waals surface area contributed by atoms with Gasteiger partial charge in [-0.3, -0.25) is 9.59 Å². The highest BCUT2D eigenvalue weighted by molar-refractivity contribution is 6.11. The number of nitrogens with one attached hydrogen (secondary N) is 1. The highest BCUT2D eigenvalue weighted by atomic mass is 16.2. The molecule has 1 N–H and O–H groups in total. The molecule has 26 heavy (non-hydrogen) atoms. The van der Waals surface area contributed by atoms with Gasteiger partial charge >= 0.3 is 0 Å². The average Bonchev–Trinajstić information content (AvgIpc) is 3.21. The Bertz CT molecular complexity index is 995. The number of rotatable bonds is 2. The lowest BCUT2D eigenvalue weighted by Gasteiger charge is -2.42. The molecule has 0 fully saturated rings. The highest BCUT2D eigenvalue weighted by Crippen LogP contribution is 2.39. The Hall–Kier alpha value is -3.41. The van der Waals surface area contributed by atoms with E-state index in [2.05, 4.69) is 15.2 Å². The molecule has 5 rings (SSSR count). The van der Waals surface area contributed by atoms with Crippen LogP contribution in [0.15, 0.2) is 61.2 Å². The van der Waals surface area contributed by atoms with E-state index in [1.54, 1.807) is 24.7 Å². The van der Waals surface area contributed by atoms with E-state index < -0.39 is 0 Å². The summed E-state index contributed by atoms with van der Waals surface area (Å²) in [7, 11) is 0. The molecule has 0 spiro atoms.